The molecule has 0 aliphatic rings. The van der Waals surface area contributed by atoms with E-state index in [1.165, 1.54) is 18.9 Å². The van der Waals surface area contributed by atoms with Crippen LogP contribution in [-0.2, 0) is 9.53 Å². The molecule has 12 heavy (non-hydrogen) atoms. The number of rotatable bonds is 3. The Morgan fingerprint density at radius 3 is 2.50 bits per heavy atom. The third-order valence-electron chi connectivity index (χ3n) is 1.44. The summed E-state index contributed by atoms with van der Waals surface area (Å²) >= 11 is 0. The summed E-state index contributed by atoms with van der Waals surface area (Å²) in [7, 11) is 2.96. The van der Waals surface area contributed by atoms with Crippen molar-refractivity contribution >= 4 is 12.0 Å². The first-order valence-electron chi connectivity index (χ1n) is 3.61. The summed E-state index contributed by atoms with van der Waals surface area (Å²) in [5.41, 5.74) is 0. The molecule has 0 unspecified atom stereocenters. The first-order valence-corrected chi connectivity index (χ1v) is 3.61. The number of amides is 2. The largest absolute Gasteiger partial charge is 0.453 e. The Morgan fingerprint density at radius 1 is 1.50 bits per heavy atom. The molecule has 0 heterocycles. The summed E-state index contributed by atoms with van der Waals surface area (Å²) in [6.07, 6.45) is -0.480. The molecule has 0 bridgehead atoms. The standard InChI is InChI=1S/C7H14N2O3/c1-6(10)9(2)5-4-8-7(11)12-3/h4-5H2,1-3H3,(H,8,11). The SMILES string of the molecule is COC(=O)NCCN(C)C(C)=O. The lowest BCUT2D eigenvalue weighted by molar-refractivity contribution is -0.127. The van der Waals surface area contributed by atoms with Gasteiger partial charge in [0.15, 0.2) is 0 Å². The molecular weight excluding hydrogens is 160 g/mol. The number of likely N-dealkylation sites (N-methyl/N-ethyl adjacent to an activating group) is 1. The molecule has 0 aromatic heterocycles. The van der Waals surface area contributed by atoms with E-state index in [-0.39, 0.29) is 5.91 Å². The van der Waals surface area contributed by atoms with Gasteiger partial charge in [0.1, 0.15) is 0 Å². The highest BCUT2D eigenvalue weighted by Gasteiger charge is 2.02. The Morgan fingerprint density at radius 2 is 2.08 bits per heavy atom. The van der Waals surface area contributed by atoms with E-state index in [1.807, 2.05) is 0 Å². The molecule has 1 N–H and O–H groups in total. The lowest BCUT2D eigenvalue weighted by Gasteiger charge is -2.14. The minimum absolute atomic E-state index is 0.0262. The molecule has 0 aliphatic heterocycles. The first kappa shape index (κ1) is 10.7. The normalized spacial score (nSPS) is 8.92. The van der Waals surface area contributed by atoms with E-state index in [9.17, 15) is 9.59 Å². The van der Waals surface area contributed by atoms with Gasteiger partial charge in [-0.2, -0.15) is 0 Å². The fraction of sp³-hybridized carbons (Fsp3) is 0.714. The molecule has 0 fully saturated rings. The van der Waals surface area contributed by atoms with Crippen LogP contribution in [0.5, 0.6) is 0 Å². The number of hydrogen-bond acceptors (Lipinski definition) is 3. The zero-order chi connectivity index (χ0) is 9.56. The summed E-state index contributed by atoms with van der Waals surface area (Å²) in [4.78, 5) is 22.7. The molecule has 5 nitrogen and oxygen atoms in total. The van der Waals surface area contributed by atoms with Crippen LogP contribution in [0.4, 0.5) is 4.79 Å². The predicted octanol–water partition coefficient (Wildman–Crippen LogP) is -0.179. The van der Waals surface area contributed by atoms with Gasteiger partial charge in [0.25, 0.3) is 0 Å². The van der Waals surface area contributed by atoms with E-state index in [2.05, 4.69) is 10.1 Å². The van der Waals surface area contributed by atoms with Crippen molar-refractivity contribution < 1.29 is 14.3 Å². The molecular formula is C7H14N2O3. The van der Waals surface area contributed by atoms with Crippen LogP contribution in [0, 0.1) is 0 Å². The Hall–Kier alpha value is -1.26. The maximum absolute atomic E-state index is 10.7. The Balaban J connectivity index is 3.43. The summed E-state index contributed by atoms with van der Waals surface area (Å²) in [6, 6.07) is 0. The Labute approximate surface area is 71.7 Å². The van der Waals surface area contributed by atoms with Gasteiger partial charge in [-0.3, -0.25) is 4.79 Å². The number of nitrogens with zero attached hydrogens (tertiary/aromatic N) is 1. The van der Waals surface area contributed by atoms with Gasteiger partial charge in [0, 0.05) is 27.1 Å². The second-order valence-corrected chi connectivity index (χ2v) is 2.36. The molecule has 0 radical (unpaired) electrons. The predicted molar refractivity (Wildman–Crippen MR) is 43.7 cm³/mol. The monoisotopic (exact) mass is 174 g/mol. The van der Waals surface area contributed by atoms with E-state index in [4.69, 9.17) is 0 Å². The van der Waals surface area contributed by atoms with Crippen LogP contribution in [0.2, 0.25) is 0 Å². The fourth-order valence-corrected chi connectivity index (χ4v) is 0.555. The van der Waals surface area contributed by atoms with Crippen LogP contribution in [0.1, 0.15) is 6.92 Å². The summed E-state index contributed by atoms with van der Waals surface area (Å²) < 4.78 is 4.34. The van der Waals surface area contributed by atoms with Crippen LogP contribution in [0.3, 0.4) is 0 Å². The van der Waals surface area contributed by atoms with Crippen LogP contribution in [0.15, 0.2) is 0 Å². The molecule has 0 spiro atoms. The van der Waals surface area contributed by atoms with Crippen LogP contribution < -0.4 is 5.32 Å². The van der Waals surface area contributed by atoms with Gasteiger partial charge in [-0.25, -0.2) is 4.79 Å². The number of carbonyl (C=O) groups excluding carboxylic acids is 2. The van der Waals surface area contributed by atoms with Gasteiger partial charge in [-0.1, -0.05) is 0 Å². The van der Waals surface area contributed by atoms with E-state index in [1.54, 1.807) is 7.05 Å². The molecule has 0 rings (SSSR count). The maximum atomic E-state index is 10.7. The van der Waals surface area contributed by atoms with Crippen LogP contribution in [-0.4, -0.2) is 44.1 Å². The zero-order valence-electron chi connectivity index (χ0n) is 7.59. The van der Waals surface area contributed by atoms with Crippen molar-refractivity contribution in [3.8, 4) is 0 Å². The molecule has 0 aromatic rings. The summed E-state index contributed by atoms with van der Waals surface area (Å²) in [5, 5.41) is 2.46. The second-order valence-electron chi connectivity index (χ2n) is 2.36. The molecule has 0 aliphatic carbocycles. The average molecular weight is 174 g/mol. The molecule has 0 atom stereocenters. The van der Waals surface area contributed by atoms with Crippen molar-refractivity contribution in [2.45, 2.75) is 6.92 Å². The topological polar surface area (TPSA) is 58.6 Å². The van der Waals surface area contributed by atoms with Crippen molar-refractivity contribution in [2.75, 3.05) is 27.2 Å². The first-order chi connectivity index (χ1) is 5.57. The number of methoxy groups -OCH3 is 1. The highest BCUT2D eigenvalue weighted by molar-refractivity contribution is 5.73. The lowest BCUT2D eigenvalue weighted by Crippen LogP contribution is -2.34. The zero-order valence-corrected chi connectivity index (χ0v) is 7.59. The third-order valence-corrected chi connectivity index (χ3v) is 1.44. The van der Waals surface area contributed by atoms with Crippen molar-refractivity contribution in [1.82, 2.24) is 10.2 Å². The lowest BCUT2D eigenvalue weighted by atomic mass is 10.5. The van der Waals surface area contributed by atoms with Crippen molar-refractivity contribution in [2.24, 2.45) is 0 Å². The Bertz CT molecular complexity index is 170. The Kier molecular flexibility index (Phi) is 4.83. The van der Waals surface area contributed by atoms with Crippen LogP contribution >= 0.6 is 0 Å². The minimum atomic E-state index is -0.480. The average Bonchev–Trinajstić information content (AvgIpc) is 2.03. The summed E-state index contributed by atoms with van der Waals surface area (Å²) in [5.74, 6) is -0.0262. The molecule has 0 saturated heterocycles. The molecule has 0 aromatic carbocycles. The van der Waals surface area contributed by atoms with Crippen LogP contribution in [0.25, 0.3) is 0 Å². The van der Waals surface area contributed by atoms with E-state index in [0.717, 1.165) is 0 Å². The van der Waals surface area contributed by atoms with E-state index < -0.39 is 6.09 Å². The minimum Gasteiger partial charge on any atom is -0.453 e. The van der Waals surface area contributed by atoms with E-state index in [0.29, 0.717) is 13.1 Å². The number of hydrogen-bond donors (Lipinski definition) is 1. The third kappa shape index (κ3) is 4.54. The molecule has 70 valence electrons. The van der Waals surface area contributed by atoms with Gasteiger partial charge >= 0.3 is 6.09 Å². The van der Waals surface area contributed by atoms with Gasteiger partial charge in [0.05, 0.1) is 7.11 Å². The highest BCUT2D eigenvalue weighted by Crippen LogP contribution is 1.81. The quantitative estimate of drug-likeness (QED) is 0.645. The second kappa shape index (κ2) is 5.40. The molecule has 2 amide bonds. The number of nitrogens with one attached hydrogen (secondary N) is 1. The fourth-order valence-electron chi connectivity index (χ4n) is 0.555. The summed E-state index contributed by atoms with van der Waals surface area (Å²) in [6.45, 7) is 2.37. The molecule has 5 heteroatoms. The number of ether oxygens (including phenoxy) is 1. The van der Waals surface area contributed by atoms with Gasteiger partial charge in [0.2, 0.25) is 5.91 Å². The van der Waals surface area contributed by atoms with Crippen molar-refractivity contribution in [1.29, 1.82) is 0 Å². The van der Waals surface area contributed by atoms with Gasteiger partial charge < -0.3 is 15.0 Å². The van der Waals surface area contributed by atoms with Gasteiger partial charge in [-0.05, 0) is 0 Å². The van der Waals surface area contributed by atoms with E-state index >= 15 is 0 Å². The van der Waals surface area contributed by atoms with Crippen molar-refractivity contribution in [3.63, 3.8) is 0 Å². The highest BCUT2D eigenvalue weighted by atomic mass is 16.5. The smallest absolute Gasteiger partial charge is 0.406 e. The number of carbonyl (C=O) groups is 2. The molecule has 0 saturated carbocycles. The number of alkyl carbamates (subject to hydrolysis) is 1. The van der Waals surface area contributed by atoms with Gasteiger partial charge in [-0.15, -0.1) is 0 Å². The maximum Gasteiger partial charge on any atom is 0.406 e. The van der Waals surface area contributed by atoms with Crippen molar-refractivity contribution in [3.05, 3.63) is 0 Å².